The van der Waals surface area contributed by atoms with Crippen molar-refractivity contribution in [2.75, 3.05) is 6.54 Å². The lowest BCUT2D eigenvalue weighted by atomic mass is 10.0. The van der Waals surface area contributed by atoms with Crippen LogP contribution in [0.5, 0.6) is 0 Å². The maximum atomic E-state index is 11.6. The van der Waals surface area contributed by atoms with Gasteiger partial charge in [-0.3, -0.25) is 4.79 Å². The van der Waals surface area contributed by atoms with Gasteiger partial charge in [0, 0.05) is 13.0 Å². The van der Waals surface area contributed by atoms with Crippen molar-refractivity contribution in [2.45, 2.75) is 38.8 Å². The summed E-state index contributed by atoms with van der Waals surface area (Å²) in [5.41, 5.74) is 0. The summed E-state index contributed by atoms with van der Waals surface area (Å²) in [6.45, 7) is 4.15. The highest BCUT2D eigenvalue weighted by atomic mass is 16.4. The predicted octanol–water partition coefficient (Wildman–Crippen LogP) is -0.327. The van der Waals surface area contributed by atoms with Crippen LogP contribution in [0.15, 0.2) is 0 Å². The number of hydrogen-bond acceptors (Lipinski definition) is 3. The zero-order valence-corrected chi connectivity index (χ0v) is 10.5. The van der Waals surface area contributed by atoms with E-state index in [0.29, 0.717) is 13.0 Å². The Labute approximate surface area is 105 Å². The molecular formula is C11H19N3O4. The average Bonchev–Trinajstić information content (AvgIpc) is 2.62. The summed E-state index contributed by atoms with van der Waals surface area (Å²) < 4.78 is 0. The summed E-state index contributed by atoms with van der Waals surface area (Å²) in [7, 11) is 0. The standard InChI is InChI=1S/C11H19N3O4/c1-6(2)3-8(10(16)17)14-11(18)13-7-4-9(15)12-5-7/h6-8H,3-5H2,1-2H3,(H,12,15)(H,16,17)(H2,13,14,18)/t7?,8-/m1/s1. The number of carbonyl (C=O) groups excluding carboxylic acids is 2. The minimum absolute atomic E-state index is 0.114. The number of aliphatic carboxylic acids is 1. The molecule has 1 rings (SSSR count). The highest BCUT2D eigenvalue weighted by molar-refractivity contribution is 5.84. The van der Waals surface area contributed by atoms with E-state index in [-0.39, 0.29) is 24.3 Å². The second kappa shape index (κ2) is 6.23. The van der Waals surface area contributed by atoms with Crippen molar-refractivity contribution >= 4 is 17.9 Å². The van der Waals surface area contributed by atoms with Crippen LogP contribution in [0.4, 0.5) is 4.79 Å². The molecular weight excluding hydrogens is 238 g/mol. The molecule has 102 valence electrons. The van der Waals surface area contributed by atoms with Crippen molar-refractivity contribution in [2.24, 2.45) is 5.92 Å². The van der Waals surface area contributed by atoms with Crippen LogP contribution in [0.1, 0.15) is 26.7 Å². The molecule has 0 spiro atoms. The largest absolute Gasteiger partial charge is 0.480 e. The number of amides is 3. The molecule has 4 N–H and O–H groups in total. The molecule has 1 unspecified atom stereocenters. The molecule has 7 nitrogen and oxygen atoms in total. The molecule has 0 aromatic carbocycles. The van der Waals surface area contributed by atoms with Crippen LogP contribution in [0, 0.1) is 5.92 Å². The Bertz CT molecular complexity index is 343. The molecule has 0 aromatic rings. The smallest absolute Gasteiger partial charge is 0.326 e. The van der Waals surface area contributed by atoms with Crippen LogP contribution in [-0.2, 0) is 9.59 Å². The number of carbonyl (C=O) groups is 3. The summed E-state index contributed by atoms with van der Waals surface area (Å²) in [6.07, 6.45) is 0.597. The van der Waals surface area contributed by atoms with Gasteiger partial charge in [0.1, 0.15) is 6.04 Å². The van der Waals surface area contributed by atoms with Crippen molar-refractivity contribution in [3.05, 3.63) is 0 Å². The van der Waals surface area contributed by atoms with Crippen molar-refractivity contribution in [3.63, 3.8) is 0 Å². The van der Waals surface area contributed by atoms with Gasteiger partial charge in [0.05, 0.1) is 6.04 Å². The van der Waals surface area contributed by atoms with E-state index < -0.39 is 18.0 Å². The molecule has 2 atom stereocenters. The topological polar surface area (TPSA) is 108 Å². The maximum Gasteiger partial charge on any atom is 0.326 e. The molecule has 1 saturated heterocycles. The van der Waals surface area contributed by atoms with Crippen LogP contribution in [0.25, 0.3) is 0 Å². The van der Waals surface area contributed by atoms with E-state index in [9.17, 15) is 14.4 Å². The molecule has 0 bridgehead atoms. The first-order valence-corrected chi connectivity index (χ1v) is 5.95. The molecule has 7 heteroatoms. The fourth-order valence-electron chi connectivity index (χ4n) is 1.79. The molecule has 0 aliphatic carbocycles. The van der Waals surface area contributed by atoms with Crippen LogP contribution in [-0.4, -0.2) is 41.6 Å². The van der Waals surface area contributed by atoms with Gasteiger partial charge < -0.3 is 21.1 Å². The Morgan fingerprint density at radius 1 is 1.50 bits per heavy atom. The quantitative estimate of drug-likeness (QED) is 0.541. The lowest BCUT2D eigenvalue weighted by Crippen LogP contribution is -2.49. The van der Waals surface area contributed by atoms with Crippen LogP contribution in [0.3, 0.4) is 0 Å². The number of hydrogen-bond donors (Lipinski definition) is 4. The van der Waals surface area contributed by atoms with Crippen LogP contribution >= 0.6 is 0 Å². The molecule has 0 aromatic heterocycles. The highest BCUT2D eigenvalue weighted by Gasteiger charge is 2.25. The number of urea groups is 1. The lowest BCUT2D eigenvalue weighted by Gasteiger charge is -2.18. The van der Waals surface area contributed by atoms with E-state index in [1.807, 2.05) is 13.8 Å². The van der Waals surface area contributed by atoms with Gasteiger partial charge in [-0.15, -0.1) is 0 Å². The Hall–Kier alpha value is -1.79. The Morgan fingerprint density at radius 2 is 2.17 bits per heavy atom. The molecule has 1 aliphatic heterocycles. The molecule has 1 fully saturated rings. The third kappa shape index (κ3) is 4.60. The first-order valence-electron chi connectivity index (χ1n) is 5.95. The van der Waals surface area contributed by atoms with E-state index in [4.69, 9.17) is 5.11 Å². The number of carboxylic acids is 1. The predicted molar refractivity (Wildman–Crippen MR) is 64.0 cm³/mol. The maximum absolute atomic E-state index is 11.6. The first kappa shape index (κ1) is 14.3. The normalized spacial score (nSPS) is 20.4. The first-order chi connectivity index (χ1) is 8.38. The van der Waals surface area contributed by atoms with Gasteiger partial charge in [-0.05, 0) is 12.3 Å². The summed E-state index contributed by atoms with van der Waals surface area (Å²) in [4.78, 5) is 33.5. The third-order valence-electron chi connectivity index (χ3n) is 2.62. The molecule has 1 aliphatic rings. The average molecular weight is 257 g/mol. The van der Waals surface area contributed by atoms with Gasteiger partial charge in [0.2, 0.25) is 5.91 Å². The number of carboxylic acid groups (broad SMARTS) is 1. The van der Waals surface area contributed by atoms with Crippen molar-refractivity contribution in [3.8, 4) is 0 Å². The SMILES string of the molecule is CC(C)C[C@@H](NC(=O)NC1CNC(=O)C1)C(=O)O. The van der Waals surface area contributed by atoms with E-state index in [1.165, 1.54) is 0 Å². The lowest BCUT2D eigenvalue weighted by molar-refractivity contribution is -0.139. The second-order valence-corrected chi connectivity index (χ2v) is 4.84. The highest BCUT2D eigenvalue weighted by Crippen LogP contribution is 2.05. The van der Waals surface area contributed by atoms with Crippen molar-refractivity contribution in [1.82, 2.24) is 16.0 Å². The molecule has 1 heterocycles. The Kier molecular flexibility index (Phi) is 4.94. The second-order valence-electron chi connectivity index (χ2n) is 4.84. The molecule has 3 amide bonds. The Balaban J connectivity index is 2.41. The van der Waals surface area contributed by atoms with Gasteiger partial charge in [-0.1, -0.05) is 13.8 Å². The van der Waals surface area contributed by atoms with Gasteiger partial charge in [0.15, 0.2) is 0 Å². The summed E-state index contributed by atoms with van der Waals surface area (Å²) in [5, 5.41) is 16.5. The zero-order valence-electron chi connectivity index (χ0n) is 10.5. The summed E-state index contributed by atoms with van der Waals surface area (Å²) in [6, 6.07) is -1.73. The minimum Gasteiger partial charge on any atom is -0.480 e. The fraction of sp³-hybridized carbons (Fsp3) is 0.727. The van der Waals surface area contributed by atoms with Crippen molar-refractivity contribution in [1.29, 1.82) is 0 Å². The van der Waals surface area contributed by atoms with Crippen LogP contribution < -0.4 is 16.0 Å². The molecule has 18 heavy (non-hydrogen) atoms. The monoisotopic (exact) mass is 257 g/mol. The van der Waals surface area contributed by atoms with Gasteiger partial charge in [0.25, 0.3) is 0 Å². The van der Waals surface area contributed by atoms with Crippen molar-refractivity contribution < 1.29 is 19.5 Å². The number of nitrogens with one attached hydrogen (secondary N) is 3. The minimum atomic E-state index is -1.06. The van der Waals surface area contributed by atoms with E-state index in [1.54, 1.807) is 0 Å². The van der Waals surface area contributed by atoms with E-state index in [0.717, 1.165) is 0 Å². The fourth-order valence-corrected chi connectivity index (χ4v) is 1.79. The van der Waals surface area contributed by atoms with Gasteiger partial charge in [-0.25, -0.2) is 9.59 Å². The molecule has 0 radical (unpaired) electrons. The zero-order chi connectivity index (χ0) is 13.7. The summed E-state index contributed by atoms with van der Waals surface area (Å²) >= 11 is 0. The number of rotatable bonds is 5. The van der Waals surface area contributed by atoms with Crippen LogP contribution in [0.2, 0.25) is 0 Å². The van der Waals surface area contributed by atoms with Gasteiger partial charge >= 0.3 is 12.0 Å². The Morgan fingerprint density at radius 3 is 2.61 bits per heavy atom. The van der Waals surface area contributed by atoms with E-state index >= 15 is 0 Å². The van der Waals surface area contributed by atoms with Gasteiger partial charge in [-0.2, -0.15) is 0 Å². The third-order valence-corrected chi connectivity index (χ3v) is 2.62. The molecule has 0 saturated carbocycles. The summed E-state index contributed by atoms with van der Waals surface area (Å²) in [5.74, 6) is -1.00. The van der Waals surface area contributed by atoms with E-state index in [2.05, 4.69) is 16.0 Å².